The van der Waals surface area contributed by atoms with Gasteiger partial charge in [-0.2, -0.15) is 5.10 Å². The van der Waals surface area contributed by atoms with Gasteiger partial charge in [-0.05, 0) is 37.3 Å². The van der Waals surface area contributed by atoms with Crippen molar-refractivity contribution in [1.29, 1.82) is 0 Å². The molecule has 0 saturated carbocycles. The highest BCUT2D eigenvalue weighted by Gasteiger charge is 2.11. The molecule has 1 amide bonds. The number of rotatable bonds is 5. The lowest BCUT2D eigenvalue weighted by atomic mass is 10.1. The Morgan fingerprint density at radius 2 is 1.96 bits per heavy atom. The fourth-order valence-corrected chi connectivity index (χ4v) is 3.07. The van der Waals surface area contributed by atoms with E-state index in [1.807, 2.05) is 37.3 Å². The van der Waals surface area contributed by atoms with Crippen LogP contribution in [0.3, 0.4) is 0 Å². The molecule has 1 N–H and O–H groups in total. The number of nitrogens with one attached hydrogen (secondary N) is 1. The Balaban J connectivity index is 1.86. The van der Waals surface area contributed by atoms with E-state index in [4.69, 9.17) is 0 Å². The summed E-state index contributed by atoms with van der Waals surface area (Å²) in [7, 11) is 0. The third-order valence-electron chi connectivity index (χ3n) is 4.06. The Bertz CT molecular complexity index is 955. The molecule has 0 aliphatic carbocycles. The summed E-state index contributed by atoms with van der Waals surface area (Å²) in [5, 5.41) is 5.25. The molecule has 3 aromatic rings. The number of para-hydroxylation sites is 1. The molecule has 4 nitrogen and oxygen atoms in total. The fourth-order valence-electron chi connectivity index (χ4n) is 2.81. The molecule has 3 rings (SSSR count). The quantitative estimate of drug-likeness (QED) is 0.381. The number of carbonyl (C=O) groups is 1. The summed E-state index contributed by atoms with van der Waals surface area (Å²) in [6, 6.07) is 15.3. The van der Waals surface area contributed by atoms with Crippen molar-refractivity contribution in [3.8, 4) is 0 Å². The van der Waals surface area contributed by atoms with Gasteiger partial charge in [0.15, 0.2) is 0 Å². The molecule has 25 heavy (non-hydrogen) atoms. The van der Waals surface area contributed by atoms with Crippen molar-refractivity contribution >= 4 is 39.0 Å². The minimum Gasteiger partial charge on any atom is -0.340 e. The first kappa shape index (κ1) is 17.2. The standard InChI is InChI=1S/C20H18BrN3O/c1-3-12-24-14(2)18(17-6-4-5-7-19(17)24)13-22-23-20(25)15-8-10-16(21)11-9-15/h3-11,13H,1,12H2,2H3,(H,23,25)/b22-13+. The third-order valence-corrected chi connectivity index (χ3v) is 4.59. The maximum Gasteiger partial charge on any atom is 0.271 e. The molecule has 0 fully saturated rings. The summed E-state index contributed by atoms with van der Waals surface area (Å²) in [6.07, 6.45) is 3.57. The lowest BCUT2D eigenvalue weighted by Gasteiger charge is -2.04. The summed E-state index contributed by atoms with van der Waals surface area (Å²) in [6.45, 7) is 6.59. The second-order valence-corrected chi connectivity index (χ2v) is 6.54. The number of aromatic nitrogens is 1. The van der Waals surface area contributed by atoms with E-state index in [-0.39, 0.29) is 5.91 Å². The van der Waals surface area contributed by atoms with Crippen molar-refractivity contribution < 1.29 is 4.79 Å². The van der Waals surface area contributed by atoms with Crippen LogP contribution in [0.4, 0.5) is 0 Å². The van der Waals surface area contributed by atoms with Crippen molar-refractivity contribution in [2.24, 2.45) is 5.10 Å². The number of benzene rings is 2. The number of hydrogen-bond acceptors (Lipinski definition) is 2. The van der Waals surface area contributed by atoms with Crippen LogP contribution >= 0.6 is 15.9 Å². The average Bonchev–Trinajstić information content (AvgIpc) is 2.88. The molecule has 0 aliphatic rings. The molecule has 1 heterocycles. The number of halogens is 1. The normalized spacial score (nSPS) is 11.1. The molecule has 0 aliphatic heterocycles. The van der Waals surface area contributed by atoms with Gasteiger partial charge in [0.05, 0.1) is 6.21 Å². The van der Waals surface area contributed by atoms with Gasteiger partial charge in [0.2, 0.25) is 0 Å². The first-order valence-corrected chi connectivity index (χ1v) is 8.69. The van der Waals surface area contributed by atoms with Gasteiger partial charge in [-0.1, -0.05) is 40.2 Å². The number of carbonyl (C=O) groups excluding carboxylic acids is 1. The molecule has 0 radical (unpaired) electrons. The summed E-state index contributed by atoms with van der Waals surface area (Å²) >= 11 is 3.35. The summed E-state index contributed by atoms with van der Waals surface area (Å²) in [5.41, 5.74) is 6.35. The lowest BCUT2D eigenvalue weighted by Crippen LogP contribution is -2.17. The number of fused-ring (bicyclic) bond motifs is 1. The highest BCUT2D eigenvalue weighted by atomic mass is 79.9. The molecule has 0 spiro atoms. The third kappa shape index (κ3) is 3.56. The number of allylic oxidation sites excluding steroid dienone is 1. The van der Waals surface area contributed by atoms with E-state index in [1.165, 1.54) is 0 Å². The summed E-state index contributed by atoms with van der Waals surface area (Å²) in [5.74, 6) is -0.240. The first-order valence-electron chi connectivity index (χ1n) is 7.89. The van der Waals surface area contributed by atoms with Gasteiger partial charge in [-0.3, -0.25) is 4.79 Å². The van der Waals surface area contributed by atoms with E-state index < -0.39 is 0 Å². The van der Waals surface area contributed by atoms with Crippen molar-refractivity contribution in [3.05, 3.63) is 82.5 Å². The predicted molar refractivity (Wildman–Crippen MR) is 106 cm³/mol. The molecule has 0 bridgehead atoms. The SMILES string of the molecule is C=CCn1c(C)c(/C=N/NC(=O)c2ccc(Br)cc2)c2ccccc21. The molecule has 0 unspecified atom stereocenters. The zero-order chi connectivity index (χ0) is 17.8. The number of amides is 1. The van der Waals surface area contributed by atoms with Crippen LogP contribution in [0.2, 0.25) is 0 Å². The van der Waals surface area contributed by atoms with Gasteiger partial charge in [0.25, 0.3) is 5.91 Å². The zero-order valence-corrected chi connectivity index (χ0v) is 15.5. The highest BCUT2D eigenvalue weighted by Crippen LogP contribution is 2.24. The van der Waals surface area contributed by atoms with Gasteiger partial charge in [-0.15, -0.1) is 6.58 Å². The molecule has 5 heteroatoms. The van der Waals surface area contributed by atoms with E-state index in [1.54, 1.807) is 18.3 Å². The highest BCUT2D eigenvalue weighted by molar-refractivity contribution is 9.10. The van der Waals surface area contributed by atoms with Crippen LogP contribution in [0.5, 0.6) is 0 Å². The summed E-state index contributed by atoms with van der Waals surface area (Å²) in [4.78, 5) is 12.1. The molecule has 1 aromatic heterocycles. The van der Waals surface area contributed by atoms with Crippen molar-refractivity contribution in [3.63, 3.8) is 0 Å². The van der Waals surface area contributed by atoms with Gasteiger partial charge >= 0.3 is 0 Å². The number of hydrazone groups is 1. The zero-order valence-electron chi connectivity index (χ0n) is 13.9. The van der Waals surface area contributed by atoms with Crippen molar-refractivity contribution in [1.82, 2.24) is 9.99 Å². The fraction of sp³-hybridized carbons (Fsp3) is 0.100. The molecule has 0 saturated heterocycles. The monoisotopic (exact) mass is 395 g/mol. The summed E-state index contributed by atoms with van der Waals surface area (Å²) < 4.78 is 3.11. The van der Waals surface area contributed by atoms with Crippen LogP contribution in [-0.4, -0.2) is 16.7 Å². The Hall–Kier alpha value is -2.66. The van der Waals surface area contributed by atoms with E-state index in [2.05, 4.69) is 49.7 Å². The second kappa shape index (κ2) is 7.49. The minimum atomic E-state index is -0.240. The van der Waals surface area contributed by atoms with Crippen LogP contribution < -0.4 is 5.43 Å². The van der Waals surface area contributed by atoms with Crippen LogP contribution in [0.1, 0.15) is 21.6 Å². The Morgan fingerprint density at radius 3 is 2.68 bits per heavy atom. The molecular formula is C20H18BrN3O. The minimum absolute atomic E-state index is 0.240. The molecule has 0 atom stereocenters. The molecule has 2 aromatic carbocycles. The van der Waals surface area contributed by atoms with E-state index in [0.29, 0.717) is 5.56 Å². The van der Waals surface area contributed by atoms with E-state index >= 15 is 0 Å². The van der Waals surface area contributed by atoms with E-state index in [0.717, 1.165) is 33.2 Å². The smallest absolute Gasteiger partial charge is 0.271 e. The van der Waals surface area contributed by atoms with Crippen LogP contribution in [0.25, 0.3) is 10.9 Å². The van der Waals surface area contributed by atoms with Crippen LogP contribution in [-0.2, 0) is 6.54 Å². The van der Waals surface area contributed by atoms with Gasteiger partial charge in [-0.25, -0.2) is 5.43 Å². The predicted octanol–water partition coefficient (Wildman–Crippen LogP) is 4.66. The van der Waals surface area contributed by atoms with Gasteiger partial charge < -0.3 is 4.57 Å². The number of hydrogen-bond donors (Lipinski definition) is 1. The second-order valence-electron chi connectivity index (χ2n) is 5.62. The first-order chi connectivity index (χ1) is 12.1. The molecular weight excluding hydrogens is 378 g/mol. The Morgan fingerprint density at radius 1 is 1.24 bits per heavy atom. The molecule has 126 valence electrons. The lowest BCUT2D eigenvalue weighted by molar-refractivity contribution is 0.0955. The van der Waals surface area contributed by atoms with E-state index in [9.17, 15) is 4.79 Å². The van der Waals surface area contributed by atoms with Crippen molar-refractivity contribution in [2.45, 2.75) is 13.5 Å². The van der Waals surface area contributed by atoms with Crippen LogP contribution in [0, 0.1) is 6.92 Å². The average molecular weight is 396 g/mol. The Labute approximate surface area is 155 Å². The maximum atomic E-state index is 12.1. The topological polar surface area (TPSA) is 46.4 Å². The van der Waals surface area contributed by atoms with Gasteiger partial charge in [0, 0.05) is 38.7 Å². The number of nitrogens with zero attached hydrogens (tertiary/aromatic N) is 2. The van der Waals surface area contributed by atoms with Crippen LogP contribution in [0.15, 0.2) is 70.8 Å². The van der Waals surface area contributed by atoms with Crippen molar-refractivity contribution in [2.75, 3.05) is 0 Å². The largest absolute Gasteiger partial charge is 0.340 e. The van der Waals surface area contributed by atoms with Gasteiger partial charge in [0.1, 0.15) is 0 Å². The maximum absolute atomic E-state index is 12.1. The Kier molecular flexibility index (Phi) is 5.14.